The second-order valence-electron chi connectivity index (χ2n) is 4.64. The van der Waals surface area contributed by atoms with Crippen molar-refractivity contribution in [3.63, 3.8) is 0 Å². The van der Waals surface area contributed by atoms with E-state index in [9.17, 15) is 18.0 Å². The molecule has 4 nitrogen and oxygen atoms in total. The molecule has 0 bridgehead atoms. The molecule has 0 saturated heterocycles. The Kier molecular flexibility index (Phi) is 4.40. The van der Waals surface area contributed by atoms with Crippen molar-refractivity contribution < 1.29 is 22.7 Å². The molecule has 2 rings (SSSR count). The van der Waals surface area contributed by atoms with E-state index in [0.29, 0.717) is 5.75 Å². The highest BCUT2D eigenvalue weighted by Gasteiger charge is 2.27. The van der Waals surface area contributed by atoms with Crippen LogP contribution in [-0.2, 0) is 11.3 Å². The van der Waals surface area contributed by atoms with Gasteiger partial charge in [-0.05, 0) is 24.3 Å². The highest BCUT2D eigenvalue weighted by Crippen LogP contribution is 2.22. The van der Waals surface area contributed by atoms with Gasteiger partial charge in [0.1, 0.15) is 5.75 Å². The van der Waals surface area contributed by atoms with E-state index in [2.05, 4.69) is 10.3 Å². The number of fused-ring (bicyclic) bond motifs is 1. The van der Waals surface area contributed by atoms with E-state index in [-0.39, 0.29) is 6.54 Å². The Bertz CT molecular complexity index is 635. The third kappa shape index (κ3) is 4.40. The highest BCUT2D eigenvalue weighted by molar-refractivity contribution is 5.82. The first-order valence-corrected chi connectivity index (χ1v) is 6.36. The Morgan fingerprint density at radius 1 is 1.33 bits per heavy atom. The number of rotatable bonds is 5. The molecule has 0 fully saturated rings. The molecular weight excluding hydrogens is 285 g/mol. The molecule has 2 N–H and O–H groups in total. The number of ether oxygens (including phenoxy) is 1. The average Bonchev–Trinajstić information content (AvgIpc) is 2.83. The summed E-state index contributed by atoms with van der Waals surface area (Å²) < 4.78 is 41.1. The molecule has 0 spiro atoms. The number of aromatic nitrogens is 1. The number of carbonyl (C=O) groups excluding carboxylic acids is 1. The Hall–Kier alpha value is -2.18. The lowest BCUT2D eigenvalue weighted by Gasteiger charge is -2.06. The Morgan fingerprint density at radius 3 is 2.76 bits per heavy atom. The van der Waals surface area contributed by atoms with Gasteiger partial charge >= 0.3 is 6.18 Å². The van der Waals surface area contributed by atoms with Gasteiger partial charge in [-0.15, -0.1) is 0 Å². The minimum atomic E-state index is -4.31. The molecule has 2 aromatic rings. The van der Waals surface area contributed by atoms with Gasteiger partial charge in [-0.25, -0.2) is 0 Å². The fourth-order valence-electron chi connectivity index (χ4n) is 1.93. The molecule has 0 saturated carbocycles. The summed E-state index contributed by atoms with van der Waals surface area (Å²) in [6, 6.07) is 7.29. The number of carbonyl (C=O) groups is 1. The van der Waals surface area contributed by atoms with Crippen molar-refractivity contribution in [3.8, 4) is 5.75 Å². The number of alkyl halides is 3. The van der Waals surface area contributed by atoms with Crippen LogP contribution in [0.1, 0.15) is 18.5 Å². The summed E-state index contributed by atoms with van der Waals surface area (Å²) in [4.78, 5) is 14.4. The standard InChI is InChI=1S/C14H15F3N2O2/c1-21-11-2-3-12-9(7-11)6-10(19-12)8-18-13(20)4-5-14(15,16)17/h2-3,6-7,19H,4-5,8H2,1H3,(H,18,20). The van der Waals surface area contributed by atoms with Gasteiger partial charge in [-0.2, -0.15) is 13.2 Å². The maximum Gasteiger partial charge on any atom is 0.389 e. The van der Waals surface area contributed by atoms with Crippen LogP contribution in [0.3, 0.4) is 0 Å². The molecule has 1 aromatic heterocycles. The van der Waals surface area contributed by atoms with Crippen molar-refractivity contribution >= 4 is 16.8 Å². The molecule has 21 heavy (non-hydrogen) atoms. The zero-order chi connectivity index (χ0) is 15.5. The second kappa shape index (κ2) is 6.07. The van der Waals surface area contributed by atoms with E-state index in [4.69, 9.17) is 4.74 Å². The number of aromatic amines is 1. The van der Waals surface area contributed by atoms with Crippen LogP contribution in [0, 0.1) is 0 Å². The number of benzene rings is 1. The minimum Gasteiger partial charge on any atom is -0.497 e. The number of methoxy groups -OCH3 is 1. The van der Waals surface area contributed by atoms with Crippen molar-refractivity contribution in [2.45, 2.75) is 25.6 Å². The van der Waals surface area contributed by atoms with Crippen LogP contribution in [0.15, 0.2) is 24.3 Å². The second-order valence-corrected chi connectivity index (χ2v) is 4.64. The summed E-state index contributed by atoms with van der Waals surface area (Å²) in [5, 5.41) is 3.37. The van der Waals surface area contributed by atoms with E-state index in [0.717, 1.165) is 16.6 Å². The molecule has 1 aromatic carbocycles. The lowest BCUT2D eigenvalue weighted by molar-refractivity contribution is -0.144. The summed E-state index contributed by atoms with van der Waals surface area (Å²) >= 11 is 0. The zero-order valence-electron chi connectivity index (χ0n) is 11.4. The Morgan fingerprint density at radius 2 is 2.10 bits per heavy atom. The van der Waals surface area contributed by atoms with Crippen molar-refractivity contribution in [3.05, 3.63) is 30.0 Å². The Balaban J connectivity index is 1.93. The van der Waals surface area contributed by atoms with E-state index in [1.807, 2.05) is 18.2 Å². The van der Waals surface area contributed by atoms with E-state index >= 15 is 0 Å². The van der Waals surface area contributed by atoms with E-state index in [1.165, 1.54) is 0 Å². The predicted molar refractivity (Wildman–Crippen MR) is 72.0 cm³/mol. The predicted octanol–water partition coefficient (Wildman–Crippen LogP) is 3.14. The maximum absolute atomic E-state index is 12.0. The van der Waals surface area contributed by atoms with Crippen LogP contribution >= 0.6 is 0 Å². The van der Waals surface area contributed by atoms with E-state index < -0.39 is 24.9 Å². The topological polar surface area (TPSA) is 54.1 Å². The van der Waals surface area contributed by atoms with Gasteiger partial charge in [-0.3, -0.25) is 4.79 Å². The lowest BCUT2D eigenvalue weighted by Crippen LogP contribution is -2.24. The first kappa shape index (κ1) is 15.2. The van der Waals surface area contributed by atoms with Gasteiger partial charge < -0.3 is 15.0 Å². The third-order valence-electron chi connectivity index (χ3n) is 3.00. The largest absolute Gasteiger partial charge is 0.497 e. The maximum atomic E-state index is 12.0. The molecular formula is C14H15F3N2O2. The Labute approximate surface area is 119 Å². The lowest BCUT2D eigenvalue weighted by atomic mass is 10.2. The van der Waals surface area contributed by atoms with Gasteiger partial charge in [0.2, 0.25) is 5.91 Å². The van der Waals surface area contributed by atoms with Gasteiger partial charge in [0.15, 0.2) is 0 Å². The first-order chi connectivity index (χ1) is 9.87. The number of hydrogen-bond donors (Lipinski definition) is 2. The van der Waals surface area contributed by atoms with Gasteiger partial charge in [0, 0.05) is 23.0 Å². The molecule has 0 aliphatic carbocycles. The summed E-state index contributed by atoms with van der Waals surface area (Å²) in [6.45, 7) is 0.160. The van der Waals surface area contributed by atoms with Crippen LogP contribution in [0.2, 0.25) is 0 Å². The summed E-state index contributed by atoms with van der Waals surface area (Å²) in [5.74, 6) is 0.0887. The number of hydrogen-bond acceptors (Lipinski definition) is 2. The normalized spacial score (nSPS) is 11.6. The van der Waals surface area contributed by atoms with Gasteiger partial charge in [-0.1, -0.05) is 0 Å². The smallest absolute Gasteiger partial charge is 0.389 e. The molecule has 1 heterocycles. The van der Waals surface area contributed by atoms with Crippen molar-refractivity contribution in [2.24, 2.45) is 0 Å². The quantitative estimate of drug-likeness (QED) is 0.891. The SMILES string of the molecule is COc1ccc2[nH]c(CNC(=O)CCC(F)(F)F)cc2c1. The highest BCUT2D eigenvalue weighted by atomic mass is 19.4. The molecule has 114 valence electrons. The molecule has 0 unspecified atom stereocenters. The average molecular weight is 300 g/mol. The molecule has 1 amide bonds. The summed E-state index contributed by atoms with van der Waals surface area (Å²) in [5.41, 5.74) is 1.59. The number of nitrogens with one attached hydrogen (secondary N) is 2. The zero-order valence-corrected chi connectivity index (χ0v) is 11.4. The van der Waals surface area contributed by atoms with Gasteiger partial charge in [0.05, 0.1) is 20.1 Å². The molecule has 0 atom stereocenters. The fourth-order valence-corrected chi connectivity index (χ4v) is 1.93. The molecule has 0 aliphatic rings. The van der Waals surface area contributed by atoms with Crippen LogP contribution in [-0.4, -0.2) is 24.2 Å². The van der Waals surface area contributed by atoms with Crippen LogP contribution in [0.4, 0.5) is 13.2 Å². The monoisotopic (exact) mass is 300 g/mol. The van der Waals surface area contributed by atoms with Crippen molar-refractivity contribution in [1.29, 1.82) is 0 Å². The van der Waals surface area contributed by atoms with Gasteiger partial charge in [0.25, 0.3) is 0 Å². The fraction of sp³-hybridized carbons (Fsp3) is 0.357. The first-order valence-electron chi connectivity index (χ1n) is 6.36. The number of H-pyrrole nitrogens is 1. The van der Waals surface area contributed by atoms with Crippen LogP contribution < -0.4 is 10.1 Å². The summed E-state index contributed by atoms with van der Waals surface area (Å²) in [6.07, 6.45) is -5.98. The minimum absolute atomic E-state index is 0.160. The van der Waals surface area contributed by atoms with Crippen molar-refractivity contribution in [1.82, 2.24) is 10.3 Å². The van der Waals surface area contributed by atoms with Crippen LogP contribution in [0.5, 0.6) is 5.75 Å². The number of halogens is 3. The van der Waals surface area contributed by atoms with E-state index in [1.54, 1.807) is 13.2 Å². The third-order valence-corrected chi connectivity index (χ3v) is 3.00. The molecule has 0 radical (unpaired) electrons. The van der Waals surface area contributed by atoms with Crippen molar-refractivity contribution in [2.75, 3.05) is 7.11 Å². The van der Waals surface area contributed by atoms with Crippen LogP contribution in [0.25, 0.3) is 10.9 Å². The molecule has 0 aliphatic heterocycles. The number of amides is 1. The summed E-state index contributed by atoms with van der Waals surface area (Å²) in [7, 11) is 1.57. The molecule has 7 heteroatoms.